The summed E-state index contributed by atoms with van der Waals surface area (Å²) in [6, 6.07) is 10.7. The first-order chi connectivity index (χ1) is 13.9. The molecule has 0 aromatic heterocycles. The SMILES string of the molecule is COc1ccc(/C=C2/Oc3c(ccc(O)c3CN3CC(C)CC(C)C3)C2=O)cc1. The van der Waals surface area contributed by atoms with Crippen molar-refractivity contribution in [3.63, 3.8) is 0 Å². The zero-order valence-corrected chi connectivity index (χ0v) is 17.1. The van der Waals surface area contributed by atoms with E-state index < -0.39 is 0 Å². The van der Waals surface area contributed by atoms with E-state index in [0.29, 0.717) is 35.3 Å². The monoisotopic (exact) mass is 393 g/mol. The fraction of sp³-hybridized carbons (Fsp3) is 0.375. The highest BCUT2D eigenvalue weighted by atomic mass is 16.5. The Morgan fingerprint density at radius 1 is 1.14 bits per heavy atom. The molecule has 5 nitrogen and oxygen atoms in total. The second-order valence-electron chi connectivity index (χ2n) is 8.29. The molecule has 2 aliphatic heterocycles. The third-order valence-corrected chi connectivity index (χ3v) is 5.66. The summed E-state index contributed by atoms with van der Waals surface area (Å²) in [7, 11) is 1.62. The third kappa shape index (κ3) is 4.01. The van der Waals surface area contributed by atoms with Gasteiger partial charge in [-0.15, -0.1) is 0 Å². The first-order valence-electron chi connectivity index (χ1n) is 10.1. The van der Waals surface area contributed by atoms with E-state index in [-0.39, 0.29) is 17.3 Å². The lowest BCUT2D eigenvalue weighted by Crippen LogP contribution is -2.38. The number of methoxy groups -OCH3 is 1. The molecule has 0 aliphatic carbocycles. The second kappa shape index (κ2) is 7.91. The Bertz CT molecular complexity index is 938. The molecule has 2 heterocycles. The lowest BCUT2D eigenvalue weighted by atomic mass is 9.91. The van der Waals surface area contributed by atoms with Crippen LogP contribution in [0.2, 0.25) is 0 Å². The van der Waals surface area contributed by atoms with Crippen LogP contribution >= 0.6 is 0 Å². The third-order valence-electron chi connectivity index (χ3n) is 5.66. The molecule has 2 aromatic rings. The van der Waals surface area contributed by atoms with Crippen LogP contribution in [0.15, 0.2) is 42.2 Å². The summed E-state index contributed by atoms with van der Waals surface area (Å²) >= 11 is 0. The van der Waals surface area contributed by atoms with Gasteiger partial charge in [-0.25, -0.2) is 0 Å². The molecule has 2 aromatic carbocycles. The number of ether oxygens (including phenoxy) is 2. The molecule has 0 radical (unpaired) electrons. The molecule has 0 spiro atoms. The summed E-state index contributed by atoms with van der Waals surface area (Å²) < 4.78 is 11.2. The van der Waals surface area contributed by atoms with Crippen molar-refractivity contribution in [1.29, 1.82) is 0 Å². The van der Waals surface area contributed by atoms with E-state index in [0.717, 1.165) is 24.4 Å². The number of nitrogens with zero attached hydrogens (tertiary/aromatic N) is 1. The fourth-order valence-corrected chi connectivity index (χ4v) is 4.45. The van der Waals surface area contributed by atoms with Crippen LogP contribution in [0.25, 0.3) is 6.08 Å². The minimum Gasteiger partial charge on any atom is -0.507 e. The van der Waals surface area contributed by atoms with Crippen LogP contribution in [0.3, 0.4) is 0 Å². The van der Waals surface area contributed by atoms with Crippen molar-refractivity contribution >= 4 is 11.9 Å². The largest absolute Gasteiger partial charge is 0.507 e. The van der Waals surface area contributed by atoms with Gasteiger partial charge in [0.25, 0.3) is 0 Å². The van der Waals surface area contributed by atoms with Gasteiger partial charge in [-0.2, -0.15) is 0 Å². The van der Waals surface area contributed by atoms with E-state index in [1.807, 2.05) is 24.3 Å². The molecule has 1 fully saturated rings. The maximum absolute atomic E-state index is 12.9. The van der Waals surface area contributed by atoms with Crippen molar-refractivity contribution in [2.75, 3.05) is 20.2 Å². The lowest BCUT2D eigenvalue weighted by molar-refractivity contribution is 0.101. The van der Waals surface area contributed by atoms with Crippen molar-refractivity contribution in [3.8, 4) is 17.2 Å². The van der Waals surface area contributed by atoms with Crippen LogP contribution in [-0.2, 0) is 6.54 Å². The van der Waals surface area contributed by atoms with Crippen LogP contribution in [-0.4, -0.2) is 36.0 Å². The number of hydrogen-bond donors (Lipinski definition) is 1. The van der Waals surface area contributed by atoms with Gasteiger partial charge in [0.2, 0.25) is 5.78 Å². The molecular weight excluding hydrogens is 366 g/mol. The summed E-state index contributed by atoms with van der Waals surface area (Å²) in [5.41, 5.74) is 2.05. The van der Waals surface area contributed by atoms with Crippen LogP contribution in [0.5, 0.6) is 17.2 Å². The lowest BCUT2D eigenvalue weighted by Gasteiger charge is -2.35. The van der Waals surface area contributed by atoms with Gasteiger partial charge in [-0.1, -0.05) is 26.0 Å². The number of ketones is 1. The number of aromatic hydroxyl groups is 1. The Hall–Kier alpha value is -2.79. The predicted molar refractivity (Wildman–Crippen MR) is 112 cm³/mol. The van der Waals surface area contributed by atoms with Crippen LogP contribution < -0.4 is 9.47 Å². The number of likely N-dealkylation sites (tertiary alicyclic amines) is 1. The first-order valence-corrected chi connectivity index (χ1v) is 10.1. The van der Waals surface area contributed by atoms with Crippen LogP contribution in [0.1, 0.15) is 41.8 Å². The van der Waals surface area contributed by atoms with Gasteiger partial charge < -0.3 is 14.6 Å². The number of benzene rings is 2. The Balaban J connectivity index is 1.61. The van der Waals surface area contributed by atoms with E-state index in [2.05, 4.69) is 18.7 Å². The van der Waals surface area contributed by atoms with E-state index in [4.69, 9.17) is 9.47 Å². The topological polar surface area (TPSA) is 59.0 Å². The summed E-state index contributed by atoms with van der Waals surface area (Å²) in [6.45, 7) is 7.06. The van der Waals surface area contributed by atoms with E-state index in [1.54, 1.807) is 25.3 Å². The molecule has 1 saturated heterocycles. The molecule has 152 valence electrons. The quantitative estimate of drug-likeness (QED) is 0.776. The van der Waals surface area contributed by atoms with Crippen molar-refractivity contribution in [2.24, 2.45) is 11.8 Å². The number of rotatable bonds is 4. The van der Waals surface area contributed by atoms with Gasteiger partial charge in [0, 0.05) is 19.6 Å². The van der Waals surface area contributed by atoms with Gasteiger partial charge in [0.15, 0.2) is 5.76 Å². The minimum atomic E-state index is -0.155. The van der Waals surface area contributed by atoms with Crippen LogP contribution in [0, 0.1) is 11.8 Å². The predicted octanol–water partition coefficient (Wildman–Crippen LogP) is 4.49. The molecule has 5 heteroatoms. The van der Waals surface area contributed by atoms with Gasteiger partial charge >= 0.3 is 0 Å². The number of hydrogen-bond acceptors (Lipinski definition) is 5. The molecule has 0 bridgehead atoms. The van der Waals surface area contributed by atoms with Crippen LogP contribution in [0.4, 0.5) is 0 Å². The highest BCUT2D eigenvalue weighted by Crippen LogP contribution is 2.40. The smallest absolute Gasteiger partial charge is 0.231 e. The molecule has 2 unspecified atom stereocenters. The molecule has 1 N–H and O–H groups in total. The number of carbonyl (C=O) groups is 1. The van der Waals surface area contributed by atoms with Crippen molar-refractivity contribution in [3.05, 3.63) is 58.8 Å². The molecule has 2 atom stereocenters. The normalized spacial score (nSPS) is 23.1. The van der Waals surface area contributed by atoms with Crippen molar-refractivity contribution in [2.45, 2.75) is 26.8 Å². The minimum absolute atomic E-state index is 0.155. The maximum atomic E-state index is 12.9. The average Bonchev–Trinajstić information content (AvgIpc) is 3.00. The summed E-state index contributed by atoms with van der Waals surface area (Å²) in [5.74, 6) is 2.77. The van der Waals surface area contributed by atoms with Gasteiger partial charge in [0.1, 0.15) is 17.2 Å². The van der Waals surface area contributed by atoms with Gasteiger partial charge in [-0.05, 0) is 54.2 Å². The number of fused-ring (bicyclic) bond motifs is 1. The molecule has 29 heavy (non-hydrogen) atoms. The number of phenols is 1. The molecule has 2 aliphatic rings. The number of Topliss-reactive ketones (excluding diaryl/α,β-unsaturated/α-hetero) is 1. The van der Waals surface area contributed by atoms with E-state index in [9.17, 15) is 9.90 Å². The van der Waals surface area contributed by atoms with Crippen molar-refractivity contribution < 1.29 is 19.4 Å². The Morgan fingerprint density at radius 2 is 1.83 bits per heavy atom. The Morgan fingerprint density at radius 3 is 2.48 bits per heavy atom. The zero-order chi connectivity index (χ0) is 20.5. The fourth-order valence-electron chi connectivity index (χ4n) is 4.45. The maximum Gasteiger partial charge on any atom is 0.231 e. The Labute approximate surface area is 171 Å². The first kappa shape index (κ1) is 19.5. The standard InChI is InChI=1S/C24H27NO4/c1-15-10-16(2)13-25(12-15)14-20-21(26)9-8-19-23(27)22(29-24(19)20)11-17-4-6-18(28-3)7-5-17/h4-9,11,15-16,26H,10,12-14H2,1-3H3/b22-11+. The molecule has 0 saturated carbocycles. The molecule has 0 amide bonds. The Kier molecular flexibility index (Phi) is 5.33. The summed E-state index contributed by atoms with van der Waals surface area (Å²) in [6.07, 6.45) is 2.95. The van der Waals surface area contributed by atoms with E-state index in [1.165, 1.54) is 6.42 Å². The van der Waals surface area contributed by atoms with Gasteiger partial charge in [-0.3, -0.25) is 9.69 Å². The number of carbonyl (C=O) groups excluding carboxylic acids is 1. The number of piperidine rings is 1. The highest BCUT2D eigenvalue weighted by molar-refractivity contribution is 6.15. The average molecular weight is 393 g/mol. The molecule has 4 rings (SSSR count). The van der Waals surface area contributed by atoms with E-state index >= 15 is 0 Å². The molecular formula is C24H27NO4. The van der Waals surface area contributed by atoms with Crippen molar-refractivity contribution in [1.82, 2.24) is 4.90 Å². The number of phenolic OH excluding ortho intramolecular Hbond substituents is 1. The van der Waals surface area contributed by atoms with Gasteiger partial charge in [0.05, 0.1) is 18.2 Å². The highest BCUT2D eigenvalue weighted by Gasteiger charge is 2.32. The summed E-state index contributed by atoms with van der Waals surface area (Å²) in [4.78, 5) is 15.2. The second-order valence-corrected chi connectivity index (χ2v) is 8.29. The number of allylic oxidation sites excluding steroid dienone is 1. The zero-order valence-electron chi connectivity index (χ0n) is 17.1. The summed E-state index contributed by atoms with van der Waals surface area (Å²) in [5, 5.41) is 10.5.